The summed E-state index contributed by atoms with van der Waals surface area (Å²) in [4.78, 5) is 27.2. The van der Waals surface area contributed by atoms with E-state index in [2.05, 4.69) is 10.4 Å². The number of hydrogen-bond acceptors (Lipinski definition) is 4. The molecule has 1 aromatic heterocycles. The number of rotatable bonds is 4. The average Bonchev–Trinajstić information content (AvgIpc) is 3.38. The van der Waals surface area contributed by atoms with Crippen molar-refractivity contribution in [3.05, 3.63) is 47.3 Å². The van der Waals surface area contributed by atoms with Gasteiger partial charge in [-0.25, -0.2) is 0 Å². The minimum absolute atomic E-state index is 0.0429. The zero-order chi connectivity index (χ0) is 21.5. The van der Waals surface area contributed by atoms with Crippen LogP contribution in [0.4, 0.5) is 18.9 Å². The molecule has 2 aromatic rings. The third-order valence-corrected chi connectivity index (χ3v) is 5.37. The van der Waals surface area contributed by atoms with Gasteiger partial charge in [-0.1, -0.05) is 0 Å². The average molecular weight is 422 g/mol. The fourth-order valence-electron chi connectivity index (χ4n) is 3.79. The van der Waals surface area contributed by atoms with Crippen molar-refractivity contribution in [2.45, 2.75) is 38.1 Å². The number of nitrogens with zero attached hydrogens (tertiary/aromatic N) is 3. The first-order chi connectivity index (χ1) is 14.3. The molecule has 3 heterocycles. The highest BCUT2D eigenvalue weighted by Crippen LogP contribution is 2.32. The van der Waals surface area contributed by atoms with E-state index in [1.807, 2.05) is 6.92 Å². The third kappa shape index (κ3) is 3.79. The quantitative estimate of drug-likeness (QED) is 0.822. The van der Waals surface area contributed by atoms with Gasteiger partial charge < -0.3 is 15.0 Å². The second-order valence-electron chi connectivity index (χ2n) is 7.51. The highest BCUT2D eigenvalue weighted by molar-refractivity contribution is 6.12. The first-order valence-corrected chi connectivity index (χ1v) is 9.72. The van der Waals surface area contributed by atoms with Gasteiger partial charge in [0.25, 0.3) is 11.8 Å². The van der Waals surface area contributed by atoms with Crippen LogP contribution in [-0.4, -0.2) is 47.4 Å². The van der Waals surface area contributed by atoms with Crippen LogP contribution in [0.2, 0.25) is 0 Å². The maximum atomic E-state index is 13.1. The van der Waals surface area contributed by atoms with E-state index < -0.39 is 23.6 Å². The molecule has 0 aliphatic carbocycles. The van der Waals surface area contributed by atoms with Crippen LogP contribution in [0.25, 0.3) is 0 Å². The van der Waals surface area contributed by atoms with Crippen molar-refractivity contribution in [3.63, 3.8) is 0 Å². The fraction of sp³-hybridized carbons (Fsp3) is 0.450. The smallest absolute Gasteiger partial charge is 0.376 e. The summed E-state index contributed by atoms with van der Waals surface area (Å²) in [5, 5.41) is 6.97. The maximum absolute atomic E-state index is 13.1. The first-order valence-electron chi connectivity index (χ1n) is 9.72. The van der Waals surface area contributed by atoms with Gasteiger partial charge in [0, 0.05) is 25.4 Å². The molecule has 30 heavy (non-hydrogen) atoms. The Morgan fingerprint density at radius 2 is 2.03 bits per heavy atom. The largest absolute Gasteiger partial charge is 0.416 e. The third-order valence-electron chi connectivity index (χ3n) is 5.37. The molecule has 2 atom stereocenters. The van der Waals surface area contributed by atoms with Gasteiger partial charge >= 0.3 is 6.18 Å². The molecule has 1 aromatic carbocycles. The van der Waals surface area contributed by atoms with Crippen molar-refractivity contribution in [1.82, 2.24) is 15.1 Å². The highest BCUT2D eigenvalue weighted by Gasteiger charge is 2.36. The highest BCUT2D eigenvalue weighted by atomic mass is 19.4. The number of fused-ring (bicyclic) bond motifs is 1. The number of nitrogens with one attached hydrogen (secondary N) is 1. The summed E-state index contributed by atoms with van der Waals surface area (Å²) in [6.45, 7) is 3.07. The SMILES string of the molecule is C[C@H]1CN(c2ccc(C(F)(F)F)cc2)C(=O)c2c(C(=O)NCC3CCCO3)cnn21. The molecule has 1 N–H and O–H groups in total. The molecule has 0 spiro atoms. The molecule has 1 fully saturated rings. The maximum Gasteiger partial charge on any atom is 0.416 e. The molecule has 10 heteroatoms. The van der Waals surface area contributed by atoms with Crippen LogP contribution in [0.15, 0.2) is 30.5 Å². The van der Waals surface area contributed by atoms with E-state index in [-0.39, 0.29) is 29.9 Å². The minimum atomic E-state index is -4.45. The molecule has 0 saturated carbocycles. The number of halogens is 3. The molecule has 2 aliphatic heterocycles. The van der Waals surface area contributed by atoms with E-state index in [0.717, 1.165) is 25.0 Å². The van der Waals surface area contributed by atoms with E-state index in [1.54, 1.807) is 0 Å². The van der Waals surface area contributed by atoms with E-state index in [1.165, 1.54) is 27.9 Å². The monoisotopic (exact) mass is 422 g/mol. The molecule has 0 bridgehead atoms. The molecular weight excluding hydrogens is 401 g/mol. The minimum Gasteiger partial charge on any atom is -0.376 e. The summed E-state index contributed by atoms with van der Waals surface area (Å²) in [5.74, 6) is -0.908. The van der Waals surface area contributed by atoms with Gasteiger partial charge in [0.15, 0.2) is 0 Å². The van der Waals surface area contributed by atoms with Gasteiger partial charge in [0.2, 0.25) is 0 Å². The molecule has 1 saturated heterocycles. The summed E-state index contributed by atoms with van der Waals surface area (Å²) in [6, 6.07) is 4.15. The standard InChI is InChI=1S/C20H21F3N4O3/c1-12-11-26(14-6-4-13(5-7-14)20(21,22)23)19(29)17-16(10-25-27(12)17)18(28)24-9-15-3-2-8-30-15/h4-7,10,12,15H,2-3,8-9,11H2,1H3,(H,24,28)/t12-,15?/m0/s1. The second kappa shape index (κ2) is 7.75. The number of hydrogen-bond donors (Lipinski definition) is 1. The van der Waals surface area contributed by atoms with Crippen molar-refractivity contribution in [2.75, 3.05) is 24.6 Å². The number of ether oxygens (including phenoxy) is 1. The molecular formula is C20H21F3N4O3. The number of amides is 2. The number of benzene rings is 1. The molecule has 1 unspecified atom stereocenters. The number of aromatic nitrogens is 2. The van der Waals surface area contributed by atoms with Crippen LogP contribution in [0.5, 0.6) is 0 Å². The first kappa shape index (κ1) is 20.4. The van der Waals surface area contributed by atoms with Crippen molar-refractivity contribution in [3.8, 4) is 0 Å². The molecule has 2 aliphatic rings. The molecule has 2 amide bonds. The van der Waals surface area contributed by atoms with Gasteiger partial charge in [-0.2, -0.15) is 18.3 Å². The van der Waals surface area contributed by atoms with Gasteiger partial charge in [-0.05, 0) is 44.0 Å². The topological polar surface area (TPSA) is 76.5 Å². The summed E-state index contributed by atoms with van der Waals surface area (Å²) < 4.78 is 45.5. The Kier molecular flexibility index (Phi) is 5.27. The number of alkyl halides is 3. The zero-order valence-electron chi connectivity index (χ0n) is 16.3. The Balaban J connectivity index is 1.57. The fourth-order valence-corrected chi connectivity index (χ4v) is 3.79. The molecule has 0 radical (unpaired) electrons. The predicted molar refractivity (Wildman–Crippen MR) is 101 cm³/mol. The van der Waals surface area contributed by atoms with Crippen LogP contribution in [-0.2, 0) is 10.9 Å². The van der Waals surface area contributed by atoms with Crippen LogP contribution >= 0.6 is 0 Å². The predicted octanol–water partition coefficient (Wildman–Crippen LogP) is 3.03. The van der Waals surface area contributed by atoms with Gasteiger partial charge in [-0.3, -0.25) is 14.3 Å². The number of carbonyl (C=O) groups is 2. The molecule has 7 nitrogen and oxygen atoms in total. The van der Waals surface area contributed by atoms with Crippen LogP contribution in [0, 0.1) is 0 Å². The van der Waals surface area contributed by atoms with Crippen molar-refractivity contribution in [2.24, 2.45) is 0 Å². The van der Waals surface area contributed by atoms with Gasteiger partial charge in [-0.15, -0.1) is 0 Å². The summed E-state index contributed by atoms with van der Waals surface area (Å²) in [6.07, 6.45) is -1.33. The lowest BCUT2D eigenvalue weighted by atomic mass is 10.1. The molecule has 160 valence electrons. The van der Waals surface area contributed by atoms with E-state index in [4.69, 9.17) is 4.74 Å². The lowest BCUT2D eigenvalue weighted by Gasteiger charge is -2.32. The van der Waals surface area contributed by atoms with Gasteiger partial charge in [0.1, 0.15) is 5.69 Å². The van der Waals surface area contributed by atoms with Crippen molar-refractivity contribution < 1.29 is 27.5 Å². The normalized spacial score (nSPS) is 21.6. The van der Waals surface area contributed by atoms with E-state index >= 15 is 0 Å². The van der Waals surface area contributed by atoms with Crippen molar-refractivity contribution in [1.29, 1.82) is 0 Å². The Morgan fingerprint density at radius 1 is 1.30 bits per heavy atom. The number of carbonyl (C=O) groups excluding carboxylic acids is 2. The Hall–Kier alpha value is -2.88. The van der Waals surface area contributed by atoms with Crippen LogP contribution in [0.3, 0.4) is 0 Å². The van der Waals surface area contributed by atoms with Gasteiger partial charge in [0.05, 0.1) is 29.5 Å². The Morgan fingerprint density at radius 3 is 2.67 bits per heavy atom. The Bertz CT molecular complexity index is 949. The Labute approximate surface area is 170 Å². The zero-order valence-corrected chi connectivity index (χ0v) is 16.3. The number of anilines is 1. The van der Waals surface area contributed by atoms with Crippen LogP contribution < -0.4 is 10.2 Å². The summed E-state index contributed by atoms with van der Waals surface area (Å²) in [5.41, 5.74) is -0.194. The lowest BCUT2D eigenvalue weighted by Crippen LogP contribution is -2.44. The lowest BCUT2D eigenvalue weighted by molar-refractivity contribution is -0.137. The van der Waals surface area contributed by atoms with Crippen LogP contribution in [0.1, 0.15) is 52.2 Å². The van der Waals surface area contributed by atoms with E-state index in [0.29, 0.717) is 18.8 Å². The van der Waals surface area contributed by atoms with Crippen molar-refractivity contribution >= 4 is 17.5 Å². The summed E-state index contributed by atoms with van der Waals surface area (Å²) in [7, 11) is 0. The molecule has 4 rings (SSSR count). The second-order valence-corrected chi connectivity index (χ2v) is 7.51. The van der Waals surface area contributed by atoms with E-state index in [9.17, 15) is 22.8 Å². The summed E-state index contributed by atoms with van der Waals surface area (Å²) >= 11 is 0.